The normalized spacial score (nSPS) is 23.2. The molecule has 2 rings (SSSR count). The molecule has 1 saturated carbocycles. The summed E-state index contributed by atoms with van der Waals surface area (Å²) in [6, 6.07) is 7.06. The molecule has 1 aromatic carbocycles. The largest absolute Gasteiger partial charge is 0.272 e. The summed E-state index contributed by atoms with van der Waals surface area (Å²) in [6.07, 6.45) is 4.45. The van der Waals surface area contributed by atoms with Crippen molar-refractivity contribution in [1.82, 2.24) is 0 Å². The highest BCUT2D eigenvalue weighted by atomic mass is 79.9. The lowest BCUT2D eigenvalue weighted by molar-refractivity contribution is -0.385. The number of alkyl halides is 1. The Bertz CT molecular complexity index is 473. The minimum Gasteiger partial charge on any atom is -0.258 e. The van der Waals surface area contributed by atoms with Crippen LogP contribution in [0.2, 0.25) is 0 Å². The van der Waals surface area contributed by atoms with Crippen molar-refractivity contribution in [3.8, 4) is 0 Å². The summed E-state index contributed by atoms with van der Waals surface area (Å²) in [7, 11) is 0. The first-order chi connectivity index (χ1) is 8.92. The van der Waals surface area contributed by atoms with E-state index in [1.165, 1.54) is 19.3 Å². The van der Waals surface area contributed by atoms with Gasteiger partial charge in [-0.25, -0.2) is 0 Å². The van der Waals surface area contributed by atoms with Crippen molar-refractivity contribution < 1.29 is 4.92 Å². The zero-order chi connectivity index (χ0) is 14.0. The second-order valence-corrected chi connectivity index (χ2v) is 7.27. The van der Waals surface area contributed by atoms with Crippen molar-refractivity contribution in [3.05, 3.63) is 39.9 Å². The molecule has 0 spiro atoms. The fourth-order valence-corrected chi connectivity index (χ4v) is 4.57. The van der Waals surface area contributed by atoms with Crippen molar-refractivity contribution in [1.29, 1.82) is 0 Å². The van der Waals surface area contributed by atoms with Gasteiger partial charge in [-0.2, -0.15) is 0 Å². The highest BCUT2D eigenvalue weighted by Gasteiger charge is 2.38. The molecule has 19 heavy (non-hydrogen) atoms. The van der Waals surface area contributed by atoms with E-state index in [1.54, 1.807) is 12.1 Å². The summed E-state index contributed by atoms with van der Waals surface area (Å²) < 4.78 is 0. The van der Waals surface area contributed by atoms with Crippen LogP contribution in [0.25, 0.3) is 0 Å². The summed E-state index contributed by atoms with van der Waals surface area (Å²) in [5.41, 5.74) is 1.40. The standard InChI is InChI=1S/C15H20BrNO2/c1-15(2)9-5-7-12(15)13(16)10-11-6-3-4-8-14(11)17(18)19/h3-4,6,8,12-13H,5,7,9-10H2,1-2H3. The first-order valence-corrected chi connectivity index (χ1v) is 7.70. The van der Waals surface area contributed by atoms with Crippen LogP contribution in [-0.2, 0) is 6.42 Å². The molecule has 0 radical (unpaired) electrons. The number of hydrogen-bond acceptors (Lipinski definition) is 2. The lowest BCUT2D eigenvalue weighted by Crippen LogP contribution is -2.27. The Morgan fingerprint density at radius 1 is 1.47 bits per heavy atom. The van der Waals surface area contributed by atoms with Crippen LogP contribution in [0.5, 0.6) is 0 Å². The number of nitrogens with zero attached hydrogens (tertiary/aromatic N) is 1. The van der Waals surface area contributed by atoms with E-state index in [0.29, 0.717) is 16.2 Å². The van der Waals surface area contributed by atoms with Gasteiger partial charge in [0, 0.05) is 16.5 Å². The second-order valence-electron chi connectivity index (χ2n) is 6.09. The molecule has 3 nitrogen and oxygen atoms in total. The average Bonchev–Trinajstić information content (AvgIpc) is 2.69. The lowest BCUT2D eigenvalue weighted by atomic mass is 9.78. The third kappa shape index (κ3) is 3.16. The number of nitro groups is 1. The smallest absolute Gasteiger partial charge is 0.258 e. The van der Waals surface area contributed by atoms with Gasteiger partial charge >= 0.3 is 0 Å². The Morgan fingerprint density at radius 2 is 2.16 bits per heavy atom. The van der Waals surface area contributed by atoms with Crippen LogP contribution in [0.4, 0.5) is 5.69 Å². The summed E-state index contributed by atoms with van der Waals surface area (Å²) >= 11 is 3.78. The maximum atomic E-state index is 11.0. The molecule has 0 N–H and O–H groups in total. The van der Waals surface area contributed by atoms with Crippen molar-refractivity contribution in [3.63, 3.8) is 0 Å². The molecule has 4 heteroatoms. The molecule has 1 fully saturated rings. The second kappa shape index (κ2) is 5.61. The lowest BCUT2D eigenvalue weighted by Gasteiger charge is -2.31. The molecule has 104 valence electrons. The monoisotopic (exact) mass is 325 g/mol. The van der Waals surface area contributed by atoms with Gasteiger partial charge in [0.1, 0.15) is 0 Å². The molecule has 1 aromatic rings. The third-order valence-electron chi connectivity index (χ3n) is 4.38. The Labute approximate surface area is 122 Å². The minimum absolute atomic E-state index is 0.239. The van der Waals surface area contributed by atoms with E-state index < -0.39 is 0 Å². The third-order valence-corrected chi connectivity index (χ3v) is 5.34. The number of hydrogen-bond donors (Lipinski definition) is 0. The number of halogens is 1. The first-order valence-electron chi connectivity index (χ1n) is 6.78. The number of nitro benzene ring substituents is 1. The van der Waals surface area contributed by atoms with Crippen molar-refractivity contribution in [2.45, 2.75) is 44.4 Å². The number of benzene rings is 1. The Morgan fingerprint density at radius 3 is 2.74 bits per heavy atom. The van der Waals surface area contributed by atoms with E-state index >= 15 is 0 Å². The van der Waals surface area contributed by atoms with Gasteiger partial charge in [-0.05, 0) is 30.6 Å². The van der Waals surface area contributed by atoms with E-state index in [1.807, 2.05) is 12.1 Å². The zero-order valence-electron chi connectivity index (χ0n) is 11.4. The predicted molar refractivity (Wildman–Crippen MR) is 80.6 cm³/mol. The van der Waals surface area contributed by atoms with Crippen LogP contribution in [0, 0.1) is 21.4 Å². The molecule has 1 aliphatic carbocycles. The van der Waals surface area contributed by atoms with Gasteiger partial charge in [0.25, 0.3) is 5.69 Å². The maximum Gasteiger partial charge on any atom is 0.272 e. The SMILES string of the molecule is CC1(C)CCCC1C(Br)Cc1ccccc1[N+](=O)[O-]. The van der Waals surface area contributed by atoms with Gasteiger partial charge in [0.2, 0.25) is 0 Å². The van der Waals surface area contributed by atoms with Gasteiger partial charge < -0.3 is 0 Å². The molecule has 0 heterocycles. The zero-order valence-corrected chi connectivity index (χ0v) is 13.0. The first kappa shape index (κ1) is 14.5. The number of para-hydroxylation sites is 1. The molecule has 0 bridgehead atoms. The van der Waals surface area contributed by atoms with Gasteiger partial charge in [0.15, 0.2) is 0 Å². The van der Waals surface area contributed by atoms with E-state index in [9.17, 15) is 10.1 Å². The highest BCUT2D eigenvalue weighted by molar-refractivity contribution is 9.09. The Hall–Kier alpha value is -0.900. The molecular weight excluding hydrogens is 306 g/mol. The van der Waals surface area contributed by atoms with Gasteiger partial charge in [0.05, 0.1) is 4.92 Å². The number of rotatable bonds is 4. The molecule has 0 aliphatic heterocycles. The summed E-state index contributed by atoms with van der Waals surface area (Å²) in [5.74, 6) is 0.590. The van der Waals surface area contributed by atoms with Crippen LogP contribution in [0.1, 0.15) is 38.7 Å². The molecule has 2 unspecified atom stereocenters. The molecule has 2 atom stereocenters. The van der Waals surface area contributed by atoms with Crippen molar-refractivity contribution in [2.24, 2.45) is 11.3 Å². The fraction of sp³-hybridized carbons (Fsp3) is 0.600. The highest BCUT2D eigenvalue weighted by Crippen LogP contribution is 2.47. The summed E-state index contributed by atoms with van der Waals surface area (Å²) in [4.78, 5) is 11.1. The van der Waals surface area contributed by atoms with E-state index in [-0.39, 0.29) is 10.6 Å². The predicted octanol–water partition coefficient (Wildman–Crippen LogP) is 4.73. The average molecular weight is 326 g/mol. The Balaban J connectivity index is 2.15. The maximum absolute atomic E-state index is 11.0. The minimum atomic E-state index is -0.283. The van der Waals surface area contributed by atoms with E-state index in [4.69, 9.17) is 0 Å². The molecular formula is C15H20BrNO2. The van der Waals surface area contributed by atoms with Gasteiger partial charge in [-0.1, -0.05) is 54.4 Å². The van der Waals surface area contributed by atoms with Crippen molar-refractivity contribution >= 4 is 21.6 Å². The topological polar surface area (TPSA) is 43.1 Å². The van der Waals surface area contributed by atoms with Crippen LogP contribution in [-0.4, -0.2) is 9.75 Å². The van der Waals surface area contributed by atoms with Crippen LogP contribution in [0.15, 0.2) is 24.3 Å². The summed E-state index contributed by atoms with van der Waals surface area (Å²) in [5, 5.41) is 11.0. The Kier molecular flexibility index (Phi) is 4.29. The van der Waals surface area contributed by atoms with E-state index in [2.05, 4.69) is 29.8 Å². The van der Waals surface area contributed by atoms with Crippen LogP contribution < -0.4 is 0 Å². The quantitative estimate of drug-likeness (QED) is 0.456. The van der Waals surface area contributed by atoms with Gasteiger partial charge in [-0.15, -0.1) is 0 Å². The molecule has 0 amide bonds. The van der Waals surface area contributed by atoms with Gasteiger partial charge in [-0.3, -0.25) is 10.1 Å². The fourth-order valence-electron chi connectivity index (χ4n) is 3.24. The van der Waals surface area contributed by atoms with E-state index in [0.717, 1.165) is 12.0 Å². The molecule has 0 aromatic heterocycles. The van der Waals surface area contributed by atoms with Crippen molar-refractivity contribution in [2.75, 3.05) is 0 Å². The molecule has 0 saturated heterocycles. The summed E-state index contributed by atoms with van der Waals surface area (Å²) in [6.45, 7) is 4.61. The molecule has 1 aliphatic rings. The van der Waals surface area contributed by atoms with Crippen LogP contribution >= 0.6 is 15.9 Å². The van der Waals surface area contributed by atoms with Crippen LogP contribution in [0.3, 0.4) is 0 Å².